The van der Waals surface area contributed by atoms with Crippen LogP contribution in [0.25, 0.3) is 0 Å². The average molecular weight is 518 g/mol. The maximum atomic E-state index is 9.41. The highest BCUT2D eigenvalue weighted by Crippen LogP contribution is 2.29. The van der Waals surface area contributed by atoms with Crippen LogP contribution in [-0.4, -0.2) is 41.9 Å². The number of rotatable bonds is 11. The van der Waals surface area contributed by atoms with Gasteiger partial charge in [0.1, 0.15) is 6.10 Å². The molecular weight excluding hydrogens is 479 g/mol. The number of ether oxygens (including phenoxy) is 1. The van der Waals surface area contributed by atoms with Crippen molar-refractivity contribution in [1.29, 1.82) is 0 Å². The van der Waals surface area contributed by atoms with Crippen LogP contribution in [0.15, 0.2) is 23.3 Å². The number of aromatic nitrogens is 1. The maximum absolute atomic E-state index is 9.41. The number of nitrogens with one attached hydrogen (secondary N) is 2. The number of aliphatic hydroxyl groups excluding tert-OH is 1. The van der Waals surface area contributed by atoms with E-state index in [0.29, 0.717) is 18.5 Å². The summed E-state index contributed by atoms with van der Waals surface area (Å²) in [6.07, 6.45) is 9.84. The lowest BCUT2D eigenvalue weighted by Crippen LogP contribution is -2.43. The van der Waals surface area contributed by atoms with E-state index < -0.39 is 0 Å². The quantitative estimate of drug-likeness (QED) is 0.232. The molecule has 0 spiro atoms. The first-order chi connectivity index (χ1) is 13.6. The molecule has 3 N–H and O–H groups in total. The average Bonchev–Trinajstić information content (AvgIpc) is 3.23. The van der Waals surface area contributed by atoms with Crippen molar-refractivity contribution in [2.24, 2.45) is 10.4 Å². The van der Waals surface area contributed by atoms with Crippen LogP contribution < -0.4 is 15.4 Å². The topological polar surface area (TPSA) is 78.8 Å². The molecule has 0 bridgehead atoms. The van der Waals surface area contributed by atoms with Gasteiger partial charge in [-0.1, -0.05) is 19.9 Å². The van der Waals surface area contributed by atoms with Crippen LogP contribution in [0, 0.1) is 5.41 Å². The number of guanidine groups is 1. The normalized spacial score (nSPS) is 15.1. The van der Waals surface area contributed by atoms with Gasteiger partial charge in [0, 0.05) is 32.0 Å². The lowest BCUT2D eigenvalue weighted by molar-refractivity contribution is 0.169. The minimum Gasteiger partial charge on any atom is -0.474 e. The third kappa shape index (κ3) is 8.66. The van der Waals surface area contributed by atoms with Crippen molar-refractivity contribution in [3.8, 4) is 5.88 Å². The molecule has 2 rings (SSSR count). The molecule has 0 aliphatic heterocycles. The van der Waals surface area contributed by atoms with Gasteiger partial charge in [0.05, 0.1) is 6.54 Å². The number of aliphatic hydroxyl groups is 1. The van der Waals surface area contributed by atoms with Gasteiger partial charge in [-0.05, 0) is 62.8 Å². The summed E-state index contributed by atoms with van der Waals surface area (Å²) in [5.41, 5.74) is 1.16. The standard InChI is InChI=1S/C22H38N4O2.HI/c1-4-22(5-2,13-14-27)17-26-21(23-6-3)25-16-18-11-12-20(24-15-18)28-19-9-7-8-10-19;/h11-12,15,19,27H,4-10,13-14,16-17H2,1-3H3,(H2,23,25,26);1H. The molecule has 1 heterocycles. The van der Waals surface area contributed by atoms with Gasteiger partial charge in [0.2, 0.25) is 5.88 Å². The van der Waals surface area contributed by atoms with Gasteiger partial charge in [-0.25, -0.2) is 9.98 Å². The highest BCUT2D eigenvalue weighted by Gasteiger charge is 2.25. The molecule has 0 amide bonds. The second-order valence-electron chi connectivity index (χ2n) is 7.76. The summed E-state index contributed by atoms with van der Waals surface area (Å²) in [6.45, 7) is 8.84. The van der Waals surface area contributed by atoms with Crippen molar-refractivity contribution < 1.29 is 9.84 Å². The van der Waals surface area contributed by atoms with Crippen molar-refractivity contribution in [2.75, 3.05) is 19.7 Å². The zero-order chi connectivity index (χ0) is 20.2. The molecule has 0 saturated heterocycles. The predicted molar refractivity (Wildman–Crippen MR) is 130 cm³/mol. The fraction of sp³-hybridized carbons (Fsp3) is 0.727. The van der Waals surface area contributed by atoms with E-state index in [1.54, 1.807) is 0 Å². The Kier molecular flexibility index (Phi) is 12.5. The predicted octanol–water partition coefficient (Wildman–Crippen LogP) is 4.26. The lowest BCUT2D eigenvalue weighted by Gasteiger charge is -2.32. The Bertz CT molecular complexity index is 585. The third-order valence-electron chi connectivity index (χ3n) is 5.92. The van der Waals surface area contributed by atoms with E-state index >= 15 is 0 Å². The van der Waals surface area contributed by atoms with Gasteiger partial charge in [-0.3, -0.25) is 0 Å². The summed E-state index contributed by atoms with van der Waals surface area (Å²) in [5.74, 6) is 1.52. The van der Waals surface area contributed by atoms with Crippen molar-refractivity contribution in [1.82, 2.24) is 15.6 Å². The van der Waals surface area contributed by atoms with Gasteiger partial charge in [-0.2, -0.15) is 0 Å². The molecule has 0 aromatic carbocycles. The van der Waals surface area contributed by atoms with E-state index in [0.717, 1.165) is 56.7 Å². The van der Waals surface area contributed by atoms with E-state index in [9.17, 15) is 5.11 Å². The molecule has 1 aromatic rings. The Morgan fingerprint density at radius 2 is 1.93 bits per heavy atom. The first kappa shape index (κ1) is 25.9. The molecule has 0 radical (unpaired) electrons. The third-order valence-corrected chi connectivity index (χ3v) is 5.92. The second kappa shape index (κ2) is 14.0. The summed E-state index contributed by atoms with van der Waals surface area (Å²) in [4.78, 5) is 9.14. The Morgan fingerprint density at radius 3 is 2.48 bits per heavy atom. The van der Waals surface area contributed by atoms with Crippen molar-refractivity contribution in [3.63, 3.8) is 0 Å². The van der Waals surface area contributed by atoms with Gasteiger partial charge in [0.15, 0.2) is 5.96 Å². The molecule has 1 fully saturated rings. The van der Waals surface area contributed by atoms with Crippen LogP contribution in [0.4, 0.5) is 0 Å². The van der Waals surface area contributed by atoms with Crippen LogP contribution in [0.3, 0.4) is 0 Å². The number of hydrogen-bond donors (Lipinski definition) is 3. The largest absolute Gasteiger partial charge is 0.474 e. The summed E-state index contributed by atoms with van der Waals surface area (Å²) in [5, 5.41) is 16.2. The van der Waals surface area contributed by atoms with Gasteiger partial charge in [-0.15, -0.1) is 24.0 Å². The summed E-state index contributed by atoms with van der Waals surface area (Å²) in [7, 11) is 0. The molecule has 29 heavy (non-hydrogen) atoms. The van der Waals surface area contributed by atoms with Crippen LogP contribution in [0.1, 0.15) is 71.3 Å². The monoisotopic (exact) mass is 518 g/mol. The first-order valence-corrected chi connectivity index (χ1v) is 10.9. The summed E-state index contributed by atoms with van der Waals surface area (Å²) < 4.78 is 5.93. The summed E-state index contributed by atoms with van der Waals surface area (Å²) in [6, 6.07) is 3.99. The maximum Gasteiger partial charge on any atom is 0.213 e. The minimum atomic E-state index is 0. The second-order valence-corrected chi connectivity index (χ2v) is 7.76. The zero-order valence-corrected chi connectivity index (χ0v) is 20.6. The minimum absolute atomic E-state index is 0. The molecule has 1 aliphatic carbocycles. The Balaban J connectivity index is 0.00000420. The van der Waals surface area contributed by atoms with E-state index in [4.69, 9.17) is 9.73 Å². The fourth-order valence-electron chi connectivity index (χ4n) is 3.71. The summed E-state index contributed by atoms with van der Waals surface area (Å²) >= 11 is 0. The molecule has 0 unspecified atom stereocenters. The number of nitrogens with zero attached hydrogens (tertiary/aromatic N) is 2. The van der Waals surface area contributed by atoms with Crippen LogP contribution >= 0.6 is 24.0 Å². The highest BCUT2D eigenvalue weighted by molar-refractivity contribution is 14.0. The van der Waals surface area contributed by atoms with Crippen molar-refractivity contribution >= 4 is 29.9 Å². The van der Waals surface area contributed by atoms with Gasteiger partial charge < -0.3 is 20.5 Å². The molecule has 1 saturated carbocycles. The van der Waals surface area contributed by atoms with Gasteiger partial charge >= 0.3 is 0 Å². The molecular formula is C22H39IN4O2. The Labute approximate surface area is 193 Å². The Morgan fingerprint density at radius 1 is 1.21 bits per heavy atom. The lowest BCUT2D eigenvalue weighted by atomic mass is 9.79. The van der Waals surface area contributed by atoms with Crippen molar-refractivity contribution in [2.45, 2.75) is 78.4 Å². The van der Waals surface area contributed by atoms with E-state index in [2.05, 4.69) is 36.4 Å². The molecule has 7 heteroatoms. The van der Waals surface area contributed by atoms with E-state index in [1.807, 2.05) is 18.3 Å². The highest BCUT2D eigenvalue weighted by atomic mass is 127. The smallest absolute Gasteiger partial charge is 0.213 e. The fourth-order valence-corrected chi connectivity index (χ4v) is 3.71. The number of aliphatic imine (C=N–C) groups is 1. The SMILES string of the molecule is CCNC(=NCc1ccc(OC2CCCC2)nc1)NCC(CC)(CC)CCO.I. The molecule has 6 nitrogen and oxygen atoms in total. The number of pyridine rings is 1. The van der Waals surface area contributed by atoms with Crippen molar-refractivity contribution in [3.05, 3.63) is 23.9 Å². The van der Waals surface area contributed by atoms with Crippen LogP contribution in [-0.2, 0) is 6.54 Å². The molecule has 1 aliphatic rings. The molecule has 166 valence electrons. The Hall–Kier alpha value is -1.09. The van der Waals surface area contributed by atoms with E-state index in [1.165, 1.54) is 12.8 Å². The number of hydrogen-bond acceptors (Lipinski definition) is 4. The van der Waals surface area contributed by atoms with E-state index in [-0.39, 0.29) is 36.0 Å². The zero-order valence-electron chi connectivity index (χ0n) is 18.2. The molecule has 1 aromatic heterocycles. The van der Waals surface area contributed by atoms with Gasteiger partial charge in [0.25, 0.3) is 0 Å². The van der Waals surface area contributed by atoms with Crippen LogP contribution in [0.2, 0.25) is 0 Å². The molecule has 0 atom stereocenters. The number of halogens is 1. The first-order valence-electron chi connectivity index (χ1n) is 10.9. The van der Waals surface area contributed by atoms with Crippen LogP contribution in [0.5, 0.6) is 5.88 Å².